The fourth-order valence-corrected chi connectivity index (χ4v) is 7.65. The lowest BCUT2D eigenvalue weighted by Gasteiger charge is -2.27. The van der Waals surface area contributed by atoms with Gasteiger partial charge in [-0.05, 0) is 30.6 Å². The summed E-state index contributed by atoms with van der Waals surface area (Å²) in [5.74, 6) is 0. The first kappa shape index (κ1) is 19.4. The molecule has 0 amide bonds. The highest BCUT2D eigenvalue weighted by atomic mass is 28.4. The van der Waals surface area contributed by atoms with Crippen LogP contribution in [0.3, 0.4) is 0 Å². The molecule has 0 saturated carbocycles. The van der Waals surface area contributed by atoms with Crippen molar-refractivity contribution >= 4 is 21.6 Å². The average Bonchev–Trinajstić information content (AvgIpc) is 2.56. The molecule has 22 heavy (non-hydrogen) atoms. The molecule has 0 heterocycles. The third kappa shape index (κ3) is 5.86. The Morgan fingerprint density at radius 3 is 2.05 bits per heavy atom. The van der Waals surface area contributed by atoms with E-state index in [1.165, 1.54) is 24.2 Å². The molecular formula is C19H34OSi2. The van der Waals surface area contributed by atoms with Gasteiger partial charge in [0.25, 0.3) is 0 Å². The minimum Gasteiger partial charge on any atom is -0.417 e. The van der Waals surface area contributed by atoms with Crippen molar-refractivity contribution in [1.82, 2.24) is 0 Å². The van der Waals surface area contributed by atoms with E-state index in [-0.39, 0.29) is 0 Å². The highest BCUT2D eigenvalue weighted by molar-refractivity contribution is 6.90. The predicted molar refractivity (Wildman–Crippen MR) is 105 cm³/mol. The molecule has 0 fully saturated rings. The van der Waals surface area contributed by atoms with Gasteiger partial charge in [0.2, 0.25) is 0 Å². The second-order valence-corrected chi connectivity index (χ2v) is 16.3. The van der Waals surface area contributed by atoms with Crippen molar-refractivity contribution in [2.75, 3.05) is 6.61 Å². The summed E-state index contributed by atoms with van der Waals surface area (Å²) in [7, 11) is -2.71. The van der Waals surface area contributed by atoms with Crippen LogP contribution in [0, 0.1) is 0 Å². The van der Waals surface area contributed by atoms with Crippen molar-refractivity contribution in [2.45, 2.75) is 64.5 Å². The first-order chi connectivity index (χ1) is 10.5. The topological polar surface area (TPSA) is 9.23 Å². The van der Waals surface area contributed by atoms with E-state index in [0.717, 1.165) is 13.0 Å². The molecule has 0 atom stereocenters. The van der Waals surface area contributed by atoms with Crippen LogP contribution < -0.4 is 5.19 Å². The monoisotopic (exact) mass is 334 g/mol. The Kier molecular flexibility index (Phi) is 8.36. The molecule has 3 heteroatoms. The Labute approximate surface area is 139 Å². The average molecular weight is 335 g/mol. The summed E-state index contributed by atoms with van der Waals surface area (Å²) in [6.45, 7) is 12.7. The van der Waals surface area contributed by atoms with E-state index < -0.39 is 16.4 Å². The van der Waals surface area contributed by atoms with E-state index in [2.05, 4.69) is 76.3 Å². The summed E-state index contributed by atoms with van der Waals surface area (Å²) in [5.41, 5.74) is 0. The number of benzene rings is 1. The molecule has 0 spiro atoms. The fraction of sp³-hybridized carbons (Fsp3) is 0.579. The van der Waals surface area contributed by atoms with E-state index in [0.29, 0.717) is 0 Å². The first-order valence-corrected chi connectivity index (χ1v) is 14.6. The molecule has 0 bridgehead atoms. The summed E-state index contributed by atoms with van der Waals surface area (Å²) in [6, 6.07) is 16.0. The lowest BCUT2D eigenvalue weighted by molar-refractivity contribution is 0.306. The third-order valence-corrected chi connectivity index (χ3v) is 12.8. The molecule has 0 aliphatic rings. The second-order valence-electron chi connectivity index (χ2n) is 6.81. The zero-order valence-electron chi connectivity index (χ0n) is 15.2. The maximum atomic E-state index is 6.29. The van der Waals surface area contributed by atoms with Gasteiger partial charge < -0.3 is 4.43 Å². The Morgan fingerprint density at radius 2 is 1.50 bits per heavy atom. The number of hydrogen-bond donors (Lipinski definition) is 0. The maximum absolute atomic E-state index is 6.29. The molecular weight excluding hydrogens is 300 g/mol. The lowest BCUT2D eigenvalue weighted by atomic mass is 10.4. The van der Waals surface area contributed by atoms with Gasteiger partial charge >= 0.3 is 0 Å². The van der Waals surface area contributed by atoms with Crippen LogP contribution in [0.25, 0.3) is 0 Å². The Hall–Kier alpha value is -0.646. The normalized spacial score (nSPS) is 13.0. The van der Waals surface area contributed by atoms with E-state index >= 15 is 0 Å². The molecule has 124 valence electrons. The van der Waals surface area contributed by atoms with Gasteiger partial charge in [0.05, 0.1) is 8.07 Å². The van der Waals surface area contributed by atoms with E-state index in [1.807, 2.05) is 0 Å². The molecule has 1 aromatic carbocycles. The minimum atomic E-state index is -1.39. The lowest BCUT2D eigenvalue weighted by Crippen LogP contribution is -2.40. The molecule has 0 aromatic heterocycles. The summed E-state index contributed by atoms with van der Waals surface area (Å²) >= 11 is 0. The molecule has 0 radical (unpaired) electrons. The van der Waals surface area contributed by atoms with Gasteiger partial charge in [0.1, 0.15) is 0 Å². The second kappa shape index (κ2) is 9.48. The zero-order chi connectivity index (χ0) is 16.5. The number of allylic oxidation sites excluding steroid dienone is 1. The highest BCUT2D eigenvalue weighted by Crippen LogP contribution is 2.21. The SMILES string of the molecule is CC[Si](CC)(CC)OCC/C=C/C[Si](C)(C)c1ccccc1. The van der Waals surface area contributed by atoms with Gasteiger partial charge in [-0.25, -0.2) is 0 Å². The predicted octanol–water partition coefficient (Wildman–Crippen LogP) is 5.57. The smallest absolute Gasteiger partial charge is 0.191 e. The van der Waals surface area contributed by atoms with E-state index in [1.54, 1.807) is 5.19 Å². The van der Waals surface area contributed by atoms with Crippen molar-refractivity contribution in [3.8, 4) is 0 Å². The Morgan fingerprint density at radius 1 is 0.909 bits per heavy atom. The van der Waals surface area contributed by atoms with Crippen molar-refractivity contribution < 1.29 is 4.43 Å². The molecule has 0 N–H and O–H groups in total. The van der Waals surface area contributed by atoms with Gasteiger partial charge in [-0.15, -0.1) is 0 Å². The number of hydrogen-bond acceptors (Lipinski definition) is 1. The van der Waals surface area contributed by atoms with Crippen molar-refractivity contribution in [1.29, 1.82) is 0 Å². The van der Waals surface area contributed by atoms with Crippen LogP contribution in [-0.4, -0.2) is 23.0 Å². The molecule has 0 unspecified atom stereocenters. The quantitative estimate of drug-likeness (QED) is 0.309. The van der Waals surface area contributed by atoms with Gasteiger partial charge in [-0.2, -0.15) is 0 Å². The Balaban J connectivity index is 2.38. The van der Waals surface area contributed by atoms with Crippen LogP contribution >= 0.6 is 0 Å². The van der Waals surface area contributed by atoms with Gasteiger partial charge in [0, 0.05) is 6.61 Å². The van der Waals surface area contributed by atoms with Crippen molar-refractivity contribution in [2.24, 2.45) is 0 Å². The fourth-order valence-electron chi connectivity index (χ4n) is 2.90. The minimum absolute atomic E-state index is 0.908. The van der Waals surface area contributed by atoms with Crippen LogP contribution in [0.2, 0.25) is 37.3 Å². The molecule has 1 nitrogen and oxygen atoms in total. The van der Waals surface area contributed by atoms with Crippen molar-refractivity contribution in [3.05, 3.63) is 42.5 Å². The molecule has 0 aliphatic carbocycles. The summed E-state index contributed by atoms with van der Waals surface area (Å²) in [4.78, 5) is 0. The molecule has 1 rings (SSSR count). The zero-order valence-corrected chi connectivity index (χ0v) is 17.2. The summed E-state index contributed by atoms with van der Waals surface area (Å²) in [5, 5.41) is 1.55. The Bertz CT molecular complexity index is 428. The third-order valence-electron chi connectivity index (χ3n) is 4.98. The van der Waals surface area contributed by atoms with Crippen LogP contribution in [0.1, 0.15) is 27.2 Å². The highest BCUT2D eigenvalue weighted by Gasteiger charge is 2.28. The van der Waals surface area contributed by atoms with Crippen molar-refractivity contribution in [3.63, 3.8) is 0 Å². The van der Waals surface area contributed by atoms with Crippen LogP contribution in [-0.2, 0) is 4.43 Å². The van der Waals surface area contributed by atoms with Crippen LogP contribution in [0.4, 0.5) is 0 Å². The first-order valence-electron chi connectivity index (χ1n) is 8.84. The summed E-state index contributed by atoms with van der Waals surface area (Å²) < 4.78 is 6.29. The standard InChI is InChI=1S/C19H34OSi2/c1-6-22(7-2,8-3)20-17-13-10-14-18-21(4,5)19-15-11-9-12-16-19/h9-12,14-16H,6-8,13,17-18H2,1-5H3/b14-10+. The maximum Gasteiger partial charge on any atom is 0.191 e. The van der Waals surface area contributed by atoms with E-state index in [9.17, 15) is 0 Å². The van der Waals surface area contributed by atoms with E-state index in [4.69, 9.17) is 4.43 Å². The number of rotatable bonds is 10. The largest absolute Gasteiger partial charge is 0.417 e. The van der Waals surface area contributed by atoms with Crippen LogP contribution in [0.5, 0.6) is 0 Å². The van der Waals surface area contributed by atoms with Crippen LogP contribution in [0.15, 0.2) is 42.5 Å². The summed E-state index contributed by atoms with van der Waals surface area (Å²) in [6.07, 6.45) is 5.78. The van der Waals surface area contributed by atoms with Gasteiger partial charge in [-0.3, -0.25) is 0 Å². The van der Waals surface area contributed by atoms with Gasteiger partial charge in [0.15, 0.2) is 8.32 Å². The van der Waals surface area contributed by atoms with Gasteiger partial charge in [-0.1, -0.05) is 81.5 Å². The molecule has 1 aromatic rings. The molecule has 0 aliphatic heterocycles. The molecule has 0 saturated heterocycles.